The molecule has 6 nitrogen and oxygen atoms in total. The van der Waals surface area contributed by atoms with Crippen molar-refractivity contribution in [2.45, 2.75) is 20.4 Å². The molecule has 7 heteroatoms. The van der Waals surface area contributed by atoms with Crippen LogP contribution in [0, 0.1) is 0 Å². The first-order chi connectivity index (χ1) is 9.47. The van der Waals surface area contributed by atoms with Crippen LogP contribution in [0.2, 0.25) is 5.15 Å². The number of carbonyl (C=O) groups excluding carboxylic acids is 1. The minimum absolute atomic E-state index is 0.109. The summed E-state index contributed by atoms with van der Waals surface area (Å²) in [5.74, 6) is -0.617. The molecule has 0 aliphatic rings. The number of hydrogen-bond acceptors (Lipinski definition) is 4. The van der Waals surface area contributed by atoms with Crippen molar-refractivity contribution < 1.29 is 9.53 Å². The van der Waals surface area contributed by atoms with E-state index < -0.39 is 5.97 Å². The Morgan fingerprint density at radius 3 is 2.85 bits per heavy atom. The van der Waals surface area contributed by atoms with Gasteiger partial charge in [-0.05, 0) is 13.8 Å². The van der Waals surface area contributed by atoms with E-state index in [0.29, 0.717) is 6.54 Å². The molecular weight excluding hydrogens is 282 g/mol. The molecule has 0 aromatic carbocycles. The third-order valence-corrected chi connectivity index (χ3v) is 3.24. The summed E-state index contributed by atoms with van der Waals surface area (Å²) < 4.78 is 6.24. The lowest BCUT2D eigenvalue weighted by Gasteiger charge is -2.03. The molecular formula is C13H14ClN3O3. The molecule has 2 aromatic heterocycles. The van der Waals surface area contributed by atoms with Gasteiger partial charge in [-0.15, -0.1) is 0 Å². The van der Waals surface area contributed by atoms with Gasteiger partial charge in [-0.1, -0.05) is 23.3 Å². The van der Waals surface area contributed by atoms with Crippen LogP contribution < -0.4 is 5.56 Å². The fraction of sp³-hybridized carbons (Fsp3) is 0.308. The van der Waals surface area contributed by atoms with Crippen molar-refractivity contribution in [1.82, 2.24) is 14.5 Å². The number of aromatic nitrogens is 3. The van der Waals surface area contributed by atoms with Crippen molar-refractivity contribution in [2.75, 3.05) is 7.11 Å². The van der Waals surface area contributed by atoms with E-state index in [2.05, 4.69) is 9.97 Å². The summed E-state index contributed by atoms with van der Waals surface area (Å²) in [6.07, 6.45) is 3.14. The molecule has 2 aromatic rings. The average Bonchev–Trinajstić information content (AvgIpc) is 2.69. The SMILES string of the molecule is COC(=O)c1c(Cl)n(CC=C(C)C)c2c(=O)[nH]cnc12. The van der Waals surface area contributed by atoms with E-state index in [9.17, 15) is 9.59 Å². The number of aromatic amines is 1. The third kappa shape index (κ3) is 2.34. The predicted molar refractivity (Wildman–Crippen MR) is 76.1 cm³/mol. The molecule has 0 atom stereocenters. The first-order valence-electron chi connectivity index (χ1n) is 5.94. The maximum absolute atomic E-state index is 12.0. The van der Waals surface area contributed by atoms with E-state index >= 15 is 0 Å². The monoisotopic (exact) mass is 295 g/mol. The lowest BCUT2D eigenvalue weighted by Crippen LogP contribution is -2.11. The van der Waals surface area contributed by atoms with Crippen LogP contribution in [0.5, 0.6) is 0 Å². The predicted octanol–water partition coefficient (Wildman–Crippen LogP) is 2.13. The van der Waals surface area contributed by atoms with Gasteiger partial charge >= 0.3 is 5.97 Å². The highest BCUT2D eigenvalue weighted by Gasteiger charge is 2.24. The number of ether oxygens (including phenoxy) is 1. The summed E-state index contributed by atoms with van der Waals surface area (Å²) >= 11 is 6.22. The standard InChI is InChI=1S/C13H14ClN3O3/c1-7(2)4-5-17-10-9(15-6-16-12(10)18)8(11(17)14)13(19)20-3/h4,6H,5H2,1-3H3,(H,15,16,18). The fourth-order valence-electron chi connectivity index (χ4n) is 1.88. The van der Waals surface area contributed by atoms with Gasteiger partial charge in [0.25, 0.3) is 5.56 Å². The second kappa shape index (κ2) is 5.50. The maximum atomic E-state index is 12.0. The second-order valence-corrected chi connectivity index (χ2v) is 4.84. The van der Waals surface area contributed by atoms with Gasteiger partial charge in [0.15, 0.2) is 0 Å². The number of rotatable bonds is 3. The number of nitrogens with one attached hydrogen (secondary N) is 1. The van der Waals surface area contributed by atoms with Crippen molar-refractivity contribution in [3.63, 3.8) is 0 Å². The van der Waals surface area contributed by atoms with Crippen molar-refractivity contribution in [2.24, 2.45) is 0 Å². The van der Waals surface area contributed by atoms with Crippen LogP contribution in [0.3, 0.4) is 0 Å². The van der Waals surface area contributed by atoms with Crippen molar-refractivity contribution in [3.8, 4) is 0 Å². The second-order valence-electron chi connectivity index (χ2n) is 4.48. The van der Waals surface area contributed by atoms with Crippen LogP contribution in [0.4, 0.5) is 0 Å². The molecule has 0 spiro atoms. The highest BCUT2D eigenvalue weighted by Crippen LogP contribution is 2.27. The Labute approximate surface area is 120 Å². The van der Waals surface area contributed by atoms with E-state index in [0.717, 1.165) is 5.57 Å². The van der Waals surface area contributed by atoms with Gasteiger partial charge in [0.2, 0.25) is 0 Å². The van der Waals surface area contributed by atoms with Crippen LogP contribution in [0.25, 0.3) is 11.0 Å². The number of methoxy groups -OCH3 is 1. The van der Waals surface area contributed by atoms with E-state index in [1.165, 1.54) is 13.4 Å². The quantitative estimate of drug-likeness (QED) is 0.695. The zero-order valence-electron chi connectivity index (χ0n) is 11.4. The molecule has 0 saturated heterocycles. The van der Waals surface area contributed by atoms with E-state index in [1.807, 2.05) is 19.9 Å². The highest BCUT2D eigenvalue weighted by atomic mass is 35.5. The number of carbonyl (C=O) groups is 1. The Bertz CT molecular complexity index is 754. The lowest BCUT2D eigenvalue weighted by atomic mass is 10.3. The van der Waals surface area contributed by atoms with Gasteiger partial charge in [-0.3, -0.25) is 4.79 Å². The molecule has 2 heterocycles. The minimum Gasteiger partial charge on any atom is -0.465 e. The normalized spacial score (nSPS) is 10.6. The molecule has 106 valence electrons. The Morgan fingerprint density at radius 1 is 1.55 bits per heavy atom. The lowest BCUT2D eigenvalue weighted by molar-refractivity contribution is 0.0602. The summed E-state index contributed by atoms with van der Waals surface area (Å²) in [5.41, 5.74) is 1.33. The molecule has 1 N–H and O–H groups in total. The van der Waals surface area contributed by atoms with Gasteiger partial charge in [0, 0.05) is 6.54 Å². The molecule has 0 unspecified atom stereocenters. The first kappa shape index (κ1) is 14.3. The minimum atomic E-state index is -0.617. The van der Waals surface area contributed by atoms with Gasteiger partial charge in [0.05, 0.1) is 13.4 Å². The van der Waals surface area contributed by atoms with Gasteiger partial charge < -0.3 is 14.3 Å². The number of nitrogens with zero attached hydrogens (tertiary/aromatic N) is 2. The zero-order valence-corrected chi connectivity index (χ0v) is 12.1. The molecule has 0 aliphatic heterocycles. The highest BCUT2D eigenvalue weighted by molar-refractivity contribution is 6.35. The summed E-state index contributed by atoms with van der Waals surface area (Å²) in [6, 6.07) is 0. The summed E-state index contributed by atoms with van der Waals surface area (Å²) in [5, 5.41) is 0.147. The molecule has 0 aliphatic carbocycles. The van der Waals surface area contributed by atoms with Crippen LogP contribution in [-0.4, -0.2) is 27.6 Å². The Morgan fingerprint density at radius 2 is 2.25 bits per heavy atom. The fourth-order valence-corrected chi connectivity index (χ4v) is 2.21. The maximum Gasteiger partial charge on any atom is 0.343 e. The number of halogens is 1. The number of H-pyrrole nitrogens is 1. The molecule has 20 heavy (non-hydrogen) atoms. The van der Waals surface area contributed by atoms with E-state index in [1.54, 1.807) is 4.57 Å². The van der Waals surface area contributed by atoms with E-state index in [-0.39, 0.29) is 27.3 Å². The Kier molecular flexibility index (Phi) is 3.94. The summed E-state index contributed by atoms with van der Waals surface area (Å²) in [7, 11) is 1.26. The van der Waals surface area contributed by atoms with Crippen LogP contribution in [0.1, 0.15) is 24.2 Å². The molecule has 0 amide bonds. The molecule has 0 radical (unpaired) electrons. The Balaban J connectivity index is 2.80. The Hall–Kier alpha value is -2.08. The number of fused-ring (bicyclic) bond motifs is 1. The van der Waals surface area contributed by atoms with Crippen LogP contribution in [0.15, 0.2) is 22.8 Å². The van der Waals surface area contributed by atoms with Crippen LogP contribution >= 0.6 is 11.6 Å². The number of hydrogen-bond donors (Lipinski definition) is 1. The summed E-state index contributed by atoms with van der Waals surface area (Å²) in [6.45, 7) is 4.25. The molecule has 0 saturated carbocycles. The van der Waals surface area contributed by atoms with Gasteiger partial charge in [-0.2, -0.15) is 0 Å². The van der Waals surface area contributed by atoms with Crippen molar-refractivity contribution in [1.29, 1.82) is 0 Å². The van der Waals surface area contributed by atoms with Crippen LogP contribution in [-0.2, 0) is 11.3 Å². The molecule has 2 rings (SSSR count). The van der Waals surface area contributed by atoms with Gasteiger partial charge in [0.1, 0.15) is 21.7 Å². The smallest absolute Gasteiger partial charge is 0.343 e. The summed E-state index contributed by atoms with van der Waals surface area (Å²) in [4.78, 5) is 30.3. The molecule has 0 fully saturated rings. The van der Waals surface area contributed by atoms with E-state index in [4.69, 9.17) is 16.3 Å². The third-order valence-electron chi connectivity index (χ3n) is 2.85. The largest absolute Gasteiger partial charge is 0.465 e. The molecule has 0 bridgehead atoms. The number of esters is 1. The average molecular weight is 296 g/mol. The number of allylic oxidation sites excluding steroid dienone is 2. The van der Waals surface area contributed by atoms with Gasteiger partial charge in [-0.25, -0.2) is 9.78 Å². The zero-order chi connectivity index (χ0) is 14.9. The topological polar surface area (TPSA) is 77.0 Å². The first-order valence-corrected chi connectivity index (χ1v) is 6.32. The van der Waals surface area contributed by atoms with Crippen molar-refractivity contribution in [3.05, 3.63) is 39.0 Å². The van der Waals surface area contributed by atoms with Crippen molar-refractivity contribution >= 4 is 28.6 Å².